The minimum absolute atomic E-state index is 0.125. The van der Waals surface area contributed by atoms with Gasteiger partial charge in [0.25, 0.3) is 11.6 Å². The Morgan fingerprint density at radius 2 is 1.88 bits per heavy atom. The number of amides is 1. The number of nitrogens with zero attached hydrogens (tertiary/aromatic N) is 2. The molecule has 0 heterocycles. The SMILES string of the molecule is Cc1ccccc1NC(=O)/C(C#N)=C/c1cc(Br)ccc1OS(=O)(=O)c1cccc([N+](=O)[O-])c1. The second kappa shape index (κ2) is 10.3. The number of hydrogen-bond donors (Lipinski definition) is 1. The van der Waals surface area contributed by atoms with Gasteiger partial charge in [-0.2, -0.15) is 13.7 Å². The first-order valence-corrected chi connectivity index (χ1v) is 11.8. The Balaban J connectivity index is 1.97. The van der Waals surface area contributed by atoms with E-state index in [4.69, 9.17) is 4.18 Å². The van der Waals surface area contributed by atoms with E-state index in [9.17, 15) is 28.6 Å². The first-order valence-electron chi connectivity index (χ1n) is 9.58. The molecule has 1 N–H and O–H groups in total. The van der Waals surface area contributed by atoms with Crippen LogP contribution in [0.5, 0.6) is 5.75 Å². The van der Waals surface area contributed by atoms with Crippen LogP contribution in [0.2, 0.25) is 0 Å². The van der Waals surface area contributed by atoms with Gasteiger partial charge < -0.3 is 9.50 Å². The number of carbonyl (C=O) groups is 1. The summed E-state index contributed by atoms with van der Waals surface area (Å²) in [4.78, 5) is 22.5. The molecule has 3 aromatic carbocycles. The monoisotopic (exact) mass is 541 g/mol. The molecule has 0 bridgehead atoms. The molecule has 0 unspecified atom stereocenters. The summed E-state index contributed by atoms with van der Waals surface area (Å²) >= 11 is 3.27. The second-order valence-corrected chi connectivity index (χ2v) is 9.37. The van der Waals surface area contributed by atoms with Gasteiger partial charge in [0.05, 0.1) is 4.92 Å². The first-order chi connectivity index (χ1) is 16.1. The highest BCUT2D eigenvalue weighted by Crippen LogP contribution is 2.29. The number of carbonyl (C=O) groups excluding carboxylic acids is 1. The van der Waals surface area contributed by atoms with Crippen LogP contribution in [0.1, 0.15) is 11.1 Å². The molecule has 11 heteroatoms. The highest BCUT2D eigenvalue weighted by Gasteiger charge is 2.22. The van der Waals surface area contributed by atoms with Gasteiger partial charge >= 0.3 is 10.1 Å². The molecule has 0 aliphatic carbocycles. The van der Waals surface area contributed by atoms with E-state index in [1.807, 2.05) is 0 Å². The lowest BCUT2D eigenvalue weighted by molar-refractivity contribution is -0.385. The maximum absolute atomic E-state index is 12.8. The number of benzene rings is 3. The third-order valence-electron chi connectivity index (χ3n) is 4.55. The zero-order valence-electron chi connectivity index (χ0n) is 17.6. The third-order valence-corrected chi connectivity index (χ3v) is 6.27. The van der Waals surface area contributed by atoms with Gasteiger partial charge in [-0.15, -0.1) is 0 Å². The van der Waals surface area contributed by atoms with Crippen molar-refractivity contribution >= 4 is 49.4 Å². The highest BCUT2D eigenvalue weighted by molar-refractivity contribution is 9.10. The molecule has 0 fully saturated rings. The van der Waals surface area contributed by atoms with Crippen LogP contribution in [-0.4, -0.2) is 19.2 Å². The van der Waals surface area contributed by atoms with Crippen molar-refractivity contribution in [3.8, 4) is 11.8 Å². The number of rotatable bonds is 7. The molecule has 172 valence electrons. The number of anilines is 1. The van der Waals surface area contributed by atoms with E-state index in [-0.39, 0.29) is 16.9 Å². The molecule has 3 rings (SSSR count). The van der Waals surface area contributed by atoms with Crippen LogP contribution in [0, 0.1) is 28.4 Å². The number of nitro groups is 1. The topological polar surface area (TPSA) is 139 Å². The number of aryl methyl sites for hydroxylation is 1. The molecule has 1 amide bonds. The molecule has 0 saturated carbocycles. The average molecular weight is 542 g/mol. The molecular weight excluding hydrogens is 526 g/mol. The Morgan fingerprint density at radius 1 is 1.15 bits per heavy atom. The summed E-state index contributed by atoms with van der Waals surface area (Å²) in [7, 11) is -4.45. The molecule has 0 atom stereocenters. The minimum Gasteiger partial charge on any atom is -0.378 e. The predicted octanol–water partition coefficient (Wildman–Crippen LogP) is 4.98. The lowest BCUT2D eigenvalue weighted by Crippen LogP contribution is -2.14. The van der Waals surface area contributed by atoms with Gasteiger partial charge in [0.1, 0.15) is 22.3 Å². The summed E-state index contributed by atoms with van der Waals surface area (Å²) in [5.74, 6) is -0.865. The van der Waals surface area contributed by atoms with Gasteiger partial charge in [-0.1, -0.05) is 40.2 Å². The van der Waals surface area contributed by atoms with Gasteiger partial charge in [0.2, 0.25) is 0 Å². The smallest absolute Gasteiger partial charge is 0.339 e. The van der Waals surface area contributed by atoms with E-state index in [0.717, 1.165) is 23.8 Å². The van der Waals surface area contributed by atoms with Gasteiger partial charge in [-0.05, 0) is 48.9 Å². The Hall–Kier alpha value is -4.01. The lowest BCUT2D eigenvalue weighted by Gasteiger charge is -2.11. The Labute approximate surface area is 203 Å². The molecule has 0 saturated heterocycles. The molecular formula is C23H16BrN3O6S. The van der Waals surface area contributed by atoms with Gasteiger partial charge in [0.15, 0.2) is 0 Å². The zero-order chi connectivity index (χ0) is 24.9. The molecule has 34 heavy (non-hydrogen) atoms. The van der Waals surface area contributed by atoms with E-state index in [1.165, 1.54) is 30.3 Å². The van der Waals surface area contributed by atoms with Crippen LogP contribution in [0.25, 0.3) is 6.08 Å². The van der Waals surface area contributed by atoms with Gasteiger partial charge in [-0.25, -0.2) is 0 Å². The average Bonchev–Trinajstić information content (AvgIpc) is 2.80. The molecule has 3 aromatic rings. The van der Waals surface area contributed by atoms with Crippen molar-refractivity contribution in [3.63, 3.8) is 0 Å². The fourth-order valence-corrected chi connectivity index (χ4v) is 4.21. The van der Waals surface area contributed by atoms with E-state index in [2.05, 4.69) is 21.2 Å². The third kappa shape index (κ3) is 5.86. The number of nitro benzene ring substituents is 1. The second-order valence-electron chi connectivity index (χ2n) is 6.91. The van der Waals surface area contributed by atoms with Crippen molar-refractivity contribution in [2.24, 2.45) is 0 Å². The number of nitriles is 1. The van der Waals surface area contributed by atoms with Gasteiger partial charge in [0, 0.05) is 27.9 Å². The summed E-state index contributed by atoms with van der Waals surface area (Å²) in [6, 6.07) is 17.5. The normalized spacial score (nSPS) is 11.4. The number of halogens is 1. The van der Waals surface area contributed by atoms with E-state index < -0.39 is 31.5 Å². The molecule has 0 aromatic heterocycles. The highest BCUT2D eigenvalue weighted by atomic mass is 79.9. The number of hydrogen-bond acceptors (Lipinski definition) is 7. The number of para-hydroxylation sites is 1. The van der Waals surface area contributed by atoms with E-state index in [0.29, 0.717) is 10.2 Å². The van der Waals surface area contributed by atoms with Crippen LogP contribution in [0.3, 0.4) is 0 Å². The summed E-state index contributed by atoms with van der Waals surface area (Å²) < 4.78 is 31.3. The number of nitrogens with one attached hydrogen (secondary N) is 1. The van der Waals surface area contributed by atoms with Crippen molar-refractivity contribution < 1.29 is 22.3 Å². The Kier molecular flexibility index (Phi) is 7.45. The Bertz CT molecular complexity index is 1460. The van der Waals surface area contributed by atoms with Gasteiger partial charge in [-0.3, -0.25) is 14.9 Å². The van der Waals surface area contributed by atoms with Crippen molar-refractivity contribution in [1.82, 2.24) is 0 Å². The molecule has 0 radical (unpaired) electrons. The van der Waals surface area contributed by atoms with Crippen LogP contribution in [-0.2, 0) is 14.9 Å². The standard InChI is InChI=1S/C23H16BrN3O6S/c1-15-5-2-3-8-21(15)26-23(28)17(14-25)11-16-12-18(24)9-10-22(16)33-34(31,32)20-7-4-6-19(13-20)27(29)30/h2-13H,1H3,(H,26,28)/b17-11+. The van der Waals surface area contributed by atoms with Crippen molar-refractivity contribution in [2.75, 3.05) is 5.32 Å². The summed E-state index contributed by atoms with van der Waals surface area (Å²) in [5, 5.41) is 23.2. The van der Waals surface area contributed by atoms with E-state index in [1.54, 1.807) is 37.3 Å². The summed E-state index contributed by atoms with van der Waals surface area (Å²) in [6.45, 7) is 1.80. The van der Waals surface area contributed by atoms with Crippen LogP contribution in [0.15, 0.2) is 81.7 Å². The number of non-ortho nitro benzene ring substituents is 1. The van der Waals surface area contributed by atoms with Crippen molar-refractivity contribution in [2.45, 2.75) is 11.8 Å². The zero-order valence-corrected chi connectivity index (χ0v) is 20.0. The molecule has 0 spiro atoms. The Morgan fingerprint density at radius 3 is 2.56 bits per heavy atom. The first kappa shape index (κ1) is 24.6. The lowest BCUT2D eigenvalue weighted by atomic mass is 10.1. The quantitative estimate of drug-likeness (QED) is 0.146. The fourth-order valence-electron chi connectivity index (χ4n) is 2.83. The maximum Gasteiger partial charge on any atom is 0.339 e. The van der Waals surface area contributed by atoms with Crippen LogP contribution >= 0.6 is 15.9 Å². The maximum atomic E-state index is 12.8. The van der Waals surface area contributed by atoms with Crippen LogP contribution < -0.4 is 9.50 Å². The van der Waals surface area contributed by atoms with Crippen molar-refractivity contribution in [3.05, 3.63) is 98.0 Å². The summed E-state index contributed by atoms with van der Waals surface area (Å²) in [6.07, 6.45) is 1.19. The molecule has 9 nitrogen and oxygen atoms in total. The van der Waals surface area contributed by atoms with E-state index >= 15 is 0 Å². The van der Waals surface area contributed by atoms with Crippen LogP contribution in [0.4, 0.5) is 11.4 Å². The molecule has 0 aliphatic rings. The molecule has 0 aliphatic heterocycles. The summed E-state index contributed by atoms with van der Waals surface area (Å²) in [5.41, 5.74) is 0.731. The largest absolute Gasteiger partial charge is 0.378 e. The predicted molar refractivity (Wildman–Crippen MR) is 128 cm³/mol. The van der Waals surface area contributed by atoms with Crippen molar-refractivity contribution in [1.29, 1.82) is 5.26 Å². The fraction of sp³-hybridized carbons (Fsp3) is 0.0435. The minimum atomic E-state index is -4.45.